The fourth-order valence-electron chi connectivity index (χ4n) is 2.61. The molecule has 142 valence electrons. The van der Waals surface area contributed by atoms with Crippen LogP contribution in [0.2, 0.25) is 0 Å². The summed E-state index contributed by atoms with van der Waals surface area (Å²) in [6, 6.07) is 13.0. The van der Waals surface area contributed by atoms with Gasteiger partial charge >= 0.3 is 0 Å². The van der Waals surface area contributed by atoms with Gasteiger partial charge in [0.15, 0.2) is 5.11 Å². The lowest BCUT2D eigenvalue weighted by Gasteiger charge is -2.27. The van der Waals surface area contributed by atoms with E-state index in [0.717, 1.165) is 0 Å². The molecule has 1 heterocycles. The predicted molar refractivity (Wildman–Crippen MR) is 108 cm³/mol. The molecular formula is C21H17FN2O3S. The molecule has 0 bridgehead atoms. The number of hydrogen-bond acceptors (Lipinski definition) is 4. The minimum atomic E-state index is -0.540. The third kappa shape index (κ3) is 4.50. The second-order valence-electron chi connectivity index (χ2n) is 6.01. The molecule has 0 unspecified atom stereocenters. The molecule has 2 aromatic rings. The lowest BCUT2D eigenvalue weighted by Crippen LogP contribution is -2.53. The Kier molecular flexibility index (Phi) is 5.96. The highest BCUT2D eigenvalue weighted by molar-refractivity contribution is 7.80. The van der Waals surface area contributed by atoms with Crippen LogP contribution in [0.3, 0.4) is 0 Å². The largest absolute Gasteiger partial charge is 0.489 e. The number of thiocarbonyl (C=S) groups is 1. The molecule has 0 spiro atoms. The van der Waals surface area contributed by atoms with Crippen molar-refractivity contribution in [2.75, 3.05) is 6.54 Å². The van der Waals surface area contributed by atoms with Crippen molar-refractivity contribution < 1.29 is 18.7 Å². The zero-order chi connectivity index (χ0) is 20.1. The Morgan fingerprint density at radius 2 is 1.93 bits per heavy atom. The average Bonchev–Trinajstić information content (AvgIpc) is 2.68. The first-order valence-electron chi connectivity index (χ1n) is 8.45. The second kappa shape index (κ2) is 8.58. The highest BCUT2D eigenvalue weighted by atomic mass is 32.1. The Bertz CT molecular complexity index is 970. The SMILES string of the molecule is C=CCN1C(=O)/C(=C/c2ccc(OCc3cccc(F)c3)cc2)C(=O)NC1=S. The van der Waals surface area contributed by atoms with E-state index in [4.69, 9.17) is 17.0 Å². The molecule has 0 saturated carbocycles. The Labute approximate surface area is 167 Å². The van der Waals surface area contributed by atoms with Crippen molar-refractivity contribution in [2.45, 2.75) is 6.61 Å². The van der Waals surface area contributed by atoms with E-state index in [2.05, 4.69) is 11.9 Å². The number of rotatable bonds is 6. The molecule has 28 heavy (non-hydrogen) atoms. The van der Waals surface area contributed by atoms with Crippen molar-refractivity contribution in [1.29, 1.82) is 0 Å². The van der Waals surface area contributed by atoms with Crippen LogP contribution in [0.1, 0.15) is 11.1 Å². The van der Waals surface area contributed by atoms with Crippen LogP contribution in [0, 0.1) is 5.82 Å². The van der Waals surface area contributed by atoms with Crippen LogP contribution in [0.25, 0.3) is 6.08 Å². The standard InChI is InChI=1S/C21H17FN2O3S/c1-2-10-24-20(26)18(19(25)23-21(24)28)12-14-6-8-17(9-7-14)27-13-15-4-3-5-16(22)11-15/h2-9,11-12H,1,10,13H2,(H,23,25,28)/b18-12+. The van der Waals surface area contributed by atoms with Crippen molar-refractivity contribution in [1.82, 2.24) is 10.2 Å². The zero-order valence-corrected chi connectivity index (χ0v) is 15.7. The number of carbonyl (C=O) groups is 2. The molecule has 5 nitrogen and oxygen atoms in total. The summed E-state index contributed by atoms with van der Waals surface area (Å²) in [5.41, 5.74) is 1.36. The van der Waals surface area contributed by atoms with Crippen molar-refractivity contribution in [3.8, 4) is 5.75 Å². The number of carbonyl (C=O) groups excluding carboxylic acids is 2. The monoisotopic (exact) mass is 396 g/mol. The van der Waals surface area contributed by atoms with Gasteiger partial charge in [-0.15, -0.1) is 6.58 Å². The van der Waals surface area contributed by atoms with Crippen LogP contribution in [0.4, 0.5) is 4.39 Å². The maximum absolute atomic E-state index is 13.2. The normalized spacial score (nSPS) is 15.5. The summed E-state index contributed by atoms with van der Waals surface area (Å²) in [5.74, 6) is -0.745. The molecule has 1 fully saturated rings. The minimum absolute atomic E-state index is 0.0103. The van der Waals surface area contributed by atoms with E-state index >= 15 is 0 Å². The number of ether oxygens (including phenoxy) is 1. The van der Waals surface area contributed by atoms with Crippen molar-refractivity contribution in [3.63, 3.8) is 0 Å². The van der Waals surface area contributed by atoms with Gasteiger partial charge in [0.25, 0.3) is 11.8 Å². The van der Waals surface area contributed by atoms with Crippen LogP contribution < -0.4 is 10.1 Å². The molecule has 3 rings (SSSR count). The third-order valence-electron chi connectivity index (χ3n) is 3.98. The summed E-state index contributed by atoms with van der Waals surface area (Å²) < 4.78 is 18.8. The first-order chi connectivity index (χ1) is 13.5. The quantitative estimate of drug-likeness (QED) is 0.353. The number of benzene rings is 2. The average molecular weight is 396 g/mol. The van der Waals surface area contributed by atoms with Gasteiger partial charge in [-0.3, -0.25) is 19.8 Å². The summed E-state index contributed by atoms with van der Waals surface area (Å²) in [6.07, 6.45) is 3.02. The minimum Gasteiger partial charge on any atom is -0.489 e. The van der Waals surface area contributed by atoms with Crippen molar-refractivity contribution >= 4 is 35.2 Å². The van der Waals surface area contributed by atoms with Crippen LogP contribution in [0.5, 0.6) is 5.75 Å². The lowest BCUT2D eigenvalue weighted by atomic mass is 10.1. The van der Waals surface area contributed by atoms with Crippen molar-refractivity contribution in [2.24, 2.45) is 0 Å². The third-order valence-corrected chi connectivity index (χ3v) is 4.31. The van der Waals surface area contributed by atoms with Gasteiger partial charge in [-0.1, -0.05) is 30.3 Å². The molecule has 2 aromatic carbocycles. The maximum Gasteiger partial charge on any atom is 0.265 e. The molecule has 0 atom stereocenters. The van der Waals surface area contributed by atoms with Gasteiger partial charge in [0.1, 0.15) is 23.7 Å². The molecule has 1 saturated heterocycles. The summed E-state index contributed by atoms with van der Waals surface area (Å²) in [6.45, 7) is 4.02. The fraction of sp³-hybridized carbons (Fsp3) is 0.0952. The first-order valence-corrected chi connectivity index (χ1v) is 8.86. The Morgan fingerprint density at radius 1 is 1.18 bits per heavy atom. The molecular weight excluding hydrogens is 379 g/mol. The van der Waals surface area contributed by atoms with Crippen LogP contribution >= 0.6 is 12.2 Å². The van der Waals surface area contributed by atoms with E-state index in [9.17, 15) is 14.0 Å². The van der Waals surface area contributed by atoms with Crippen LogP contribution in [-0.4, -0.2) is 28.4 Å². The second-order valence-corrected chi connectivity index (χ2v) is 6.40. The lowest BCUT2D eigenvalue weighted by molar-refractivity contribution is -0.128. The number of nitrogens with zero attached hydrogens (tertiary/aromatic N) is 1. The van der Waals surface area contributed by atoms with E-state index < -0.39 is 11.8 Å². The zero-order valence-electron chi connectivity index (χ0n) is 14.9. The molecule has 7 heteroatoms. The van der Waals surface area contributed by atoms with E-state index in [-0.39, 0.29) is 29.7 Å². The fourth-order valence-corrected chi connectivity index (χ4v) is 2.86. The Hall–Kier alpha value is -3.32. The van der Waals surface area contributed by atoms with Crippen LogP contribution in [0.15, 0.2) is 66.8 Å². The highest BCUT2D eigenvalue weighted by Gasteiger charge is 2.32. The van der Waals surface area contributed by atoms with Gasteiger partial charge in [-0.05, 0) is 53.7 Å². The molecule has 2 amide bonds. The van der Waals surface area contributed by atoms with Gasteiger partial charge in [-0.25, -0.2) is 4.39 Å². The summed E-state index contributed by atoms with van der Waals surface area (Å²) >= 11 is 5.02. The molecule has 0 radical (unpaired) electrons. The topological polar surface area (TPSA) is 58.6 Å². The number of halogens is 1. The maximum atomic E-state index is 13.2. The molecule has 0 aliphatic carbocycles. The Morgan fingerprint density at radius 3 is 2.61 bits per heavy atom. The summed E-state index contributed by atoms with van der Waals surface area (Å²) in [7, 11) is 0. The van der Waals surface area contributed by atoms with Gasteiger partial charge in [0.2, 0.25) is 0 Å². The predicted octanol–water partition coefficient (Wildman–Crippen LogP) is 3.22. The molecule has 1 aliphatic heterocycles. The molecule has 0 aromatic heterocycles. The molecule has 1 aliphatic rings. The smallest absolute Gasteiger partial charge is 0.265 e. The van der Waals surface area contributed by atoms with Crippen LogP contribution in [-0.2, 0) is 16.2 Å². The highest BCUT2D eigenvalue weighted by Crippen LogP contribution is 2.19. The summed E-state index contributed by atoms with van der Waals surface area (Å²) in [4.78, 5) is 25.9. The van der Waals surface area contributed by atoms with Gasteiger partial charge in [0.05, 0.1) is 0 Å². The Balaban J connectivity index is 1.72. The molecule has 1 N–H and O–H groups in total. The number of hydrogen-bond donors (Lipinski definition) is 1. The van der Waals surface area contributed by atoms with E-state index in [1.165, 1.54) is 29.2 Å². The summed E-state index contributed by atoms with van der Waals surface area (Å²) in [5, 5.41) is 2.56. The van der Waals surface area contributed by atoms with E-state index in [1.54, 1.807) is 36.4 Å². The van der Waals surface area contributed by atoms with Crippen molar-refractivity contribution in [3.05, 3.63) is 83.7 Å². The van der Waals surface area contributed by atoms with E-state index in [1.807, 2.05) is 0 Å². The first kappa shape index (κ1) is 19.4. The van der Waals surface area contributed by atoms with Gasteiger partial charge in [-0.2, -0.15) is 0 Å². The van der Waals surface area contributed by atoms with E-state index in [0.29, 0.717) is 16.9 Å². The number of nitrogens with one attached hydrogen (secondary N) is 1. The van der Waals surface area contributed by atoms with Gasteiger partial charge < -0.3 is 4.74 Å². The van der Waals surface area contributed by atoms with Gasteiger partial charge in [0, 0.05) is 6.54 Å². The number of amides is 2.